The maximum Gasteiger partial charge on any atom is 0.335 e. The van der Waals surface area contributed by atoms with Crippen molar-refractivity contribution in [2.45, 2.75) is 18.3 Å². The summed E-state index contributed by atoms with van der Waals surface area (Å²) >= 11 is 0. The molecule has 2 aliphatic rings. The first kappa shape index (κ1) is 10.8. The van der Waals surface area contributed by atoms with Gasteiger partial charge in [0.05, 0.1) is 5.56 Å². The molecule has 3 heteroatoms. The average molecular weight is 231 g/mol. The second kappa shape index (κ2) is 3.57. The van der Waals surface area contributed by atoms with Crippen LogP contribution in [0.2, 0.25) is 0 Å². The zero-order valence-corrected chi connectivity index (χ0v) is 10.0. The number of likely N-dealkylation sites (tertiary alicyclic amines) is 1. The Hall–Kier alpha value is -1.35. The van der Waals surface area contributed by atoms with E-state index in [9.17, 15) is 4.79 Å². The van der Waals surface area contributed by atoms with E-state index in [-0.39, 0.29) is 0 Å². The minimum Gasteiger partial charge on any atom is -0.478 e. The van der Waals surface area contributed by atoms with Crippen molar-refractivity contribution in [3.63, 3.8) is 0 Å². The number of benzene rings is 1. The quantitative estimate of drug-likeness (QED) is 0.846. The molecule has 1 aliphatic heterocycles. The zero-order chi connectivity index (χ0) is 12.0. The lowest BCUT2D eigenvalue weighted by Gasteiger charge is -2.29. The van der Waals surface area contributed by atoms with Crippen LogP contribution in [0.15, 0.2) is 24.3 Å². The molecule has 90 valence electrons. The van der Waals surface area contributed by atoms with E-state index in [4.69, 9.17) is 5.11 Å². The van der Waals surface area contributed by atoms with Crippen molar-refractivity contribution in [2.24, 2.45) is 5.92 Å². The number of carbonyl (C=O) groups is 1. The minimum atomic E-state index is -0.843. The van der Waals surface area contributed by atoms with Gasteiger partial charge in [0.15, 0.2) is 0 Å². The van der Waals surface area contributed by atoms with Gasteiger partial charge >= 0.3 is 5.97 Å². The van der Waals surface area contributed by atoms with E-state index in [1.807, 2.05) is 12.1 Å². The van der Waals surface area contributed by atoms with Crippen LogP contribution in [0.1, 0.15) is 28.8 Å². The lowest BCUT2D eigenvalue weighted by Crippen LogP contribution is -2.33. The van der Waals surface area contributed by atoms with Crippen molar-refractivity contribution in [1.82, 2.24) is 4.90 Å². The molecule has 0 radical (unpaired) electrons. The Labute approximate surface area is 101 Å². The van der Waals surface area contributed by atoms with Crippen molar-refractivity contribution in [2.75, 3.05) is 20.1 Å². The Bertz CT molecular complexity index is 454. The predicted octanol–water partition coefficient (Wildman–Crippen LogP) is 1.98. The summed E-state index contributed by atoms with van der Waals surface area (Å²) in [4.78, 5) is 13.2. The van der Waals surface area contributed by atoms with Gasteiger partial charge in [-0.15, -0.1) is 0 Å². The van der Waals surface area contributed by atoms with Crippen LogP contribution >= 0.6 is 0 Å². The second-order valence-electron chi connectivity index (χ2n) is 5.45. The molecule has 1 N–H and O–H groups in total. The minimum absolute atomic E-state index is 0.365. The van der Waals surface area contributed by atoms with Crippen molar-refractivity contribution in [1.29, 1.82) is 0 Å². The fraction of sp³-hybridized carbons (Fsp3) is 0.500. The van der Waals surface area contributed by atoms with Crippen LogP contribution in [0.5, 0.6) is 0 Å². The number of fused-ring (bicyclic) bond motifs is 1. The van der Waals surface area contributed by atoms with Crippen LogP contribution in [-0.4, -0.2) is 36.1 Å². The first-order valence-electron chi connectivity index (χ1n) is 6.14. The molecule has 1 saturated carbocycles. The standard InChI is InChI=1S/C14H17NO2/c1-15-7-6-14(8-12(14)9-15)11-4-2-10(3-5-11)13(16)17/h2-5,12H,6-9H2,1H3,(H,16,17). The van der Waals surface area contributed by atoms with E-state index in [1.54, 1.807) is 12.1 Å². The Morgan fingerprint density at radius 3 is 2.71 bits per heavy atom. The molecule has 3 rings (SSSR count). The molecule has 0 amide bonds. The summed E-state index contributed by atoms with van der Waals surface area (Å²) in [6.45, 7) is 2.33. The summed E-state index contributed by atoms with van der Waals surface area (Å²) in [6.07, 6.45) is 2.48. The van der Waals surface area contributed by atoms with Gasteiger partial charge in [0.25, 0.3) is 0 Å². The van der Waals surface area contributed by atoms with Gasteiger partial charge in [-0.1, -0.05) is 12.1 Å². The topological polar surface area (TPSA) is 40.5 Å². The third-order valence-electron chi connectivity index (χ3n) is 4.41. The highest BCUT2D eigenvalue weighted by molar-refractivity contribution is 5.87. The number of nitrogens with zero attached hydrogens (tertiary/aromatic N) is 1. The number of rotatable bonds is 2. The largest absolute Gasteiger partial charge is 0.478 e. The molecule has 1 aromatic rings. The van der Waals surface area contributed by atoms with Gasteiger partial charge in [-0.2, -0.15) is 0 Å². The molecular formula is C14H17NO2. The van der Waals surface area contributed by atoms with Gasteiger partial charge in [-0.3, -0.25) is 0 Å². The zero-order valence-electron chi connectivity index (χ0n) is 10.0. The molecule has 2 unspecified atom stereocenters. The summed E-state index contributed by atoms with van der Waals surface area (Å²) < 4.78 is 0. The molecule has 3 nitrogen and oxygen atoms in total. The summed E-state index contributed by atoms with van der Waals surface area (Å²) in [5, 5.41) is 8.89. The number of hydrogen-bond donors (Lipinski definition) is 1. The highest BCUT2D eigenvalue weighted by Gasteiger charge is 2.56. The van der Waals surface area contributed by atoms with Crippen LogP contribution in [0.3, 0.4) is 0 Å². The second-order valence-corrected chi connectivity index (χ2v) is 5.45. The van der Waals surface area contributed by atoms with Gasteiger partial charge in [0.1, 0.15) is 0 Å². The van der Waals surface area contributed by atoms with E-state index in [0.717, 1.165) is 12.5 Å². The van der Waals surface area contributed by atoms with E-state index in [2.05, 4.69) is 11.9 Å². The average Bonchev–Trinajstić information content (AvgIpc) is 3.04. The fourth-order valence-electron chi connectivity index (χ4n) is 3.23. The van der Waals surface area contributed by atoms with E-state index >= 15 is 0 Å². The highest BCUT2D eigenvalue weighted by Crippen LogP contribution is 2.58. The van der Waals surface area contributed by atoms with E-state index in [0.29, 0.717) is 11.0 Å². The smallest absolute Gasteiger partial charge is 0.335 e. The molecule has 2 fully saturated rings. The Kier molecular flexibility index (Phi) is 2.26. The van der Waals surface area contributed by atoms with Crippen LogP contribution in [-0.2, 0) is 5.41 Å². The Morgan fingerprint density at radius 2 is 2.12 bits per heavy atom. The Morgan fingerprint density at radius 1 is 1.41 bits per heavy atom. The van der Waals surface area contributed by atoms with Gasteiger partial charge < -0.3 is 10.0 Å². The van der Waals surface area contributed by atoms with Gasteiger partial charge in [0, 0.05) is 12.0 Å². The van der Waals surface area contributed by atoms with Crippen molar-refractivity contribution >= 4 is 5.97 Å². The maximum absolute atomic E-state index is 10.8. The molecule has 0 bridgehead atoms. The molecule has 2 atom stereocenters. The molecule has 0 aromatic heterocycles. The highest BCUT2D eigenvalue weighted by atomic mass is 16.4. The van der Waals surface area contributed by atoms with Gasteiger partial charge in [-0.25, -0.2) is 4.79 Å². The first-order valence-corrected chi connectivity index (χ1v) is 6.14. The monoisotopic (exact) mass is 231 g/mol. The summed E-state index contributed by atoms with van der Waals surface area (Å²) in [5.41, 5.74) is 2.08. The predicted molar refractivity (Wildman–Crippen MR) is 65.3 cm³/mol. The van der Waals surface area contributed by atoms with Gasteiger partial charge in [-0.05, 0) is 50.0 Å². The number of carboxylic acid groups (broad SMARTS) is 1. The van der Waals surface area contributed by atoms with Gasteiger partial charge in [0.2, 0.25) is 0 Å². The van der Waals surface area contributed by atoms with E-state index in [1.165, 1.54) is 24.9 Å². The van der Waals surface area contributed by atoms with Crippen molar-refractivity contribution in [3.8, 4) is 0 Å². The third kappa shape index (κ3) is 1.65. The molecule has 1 aliphatic carbocycles. The van der Waals surface area contributed by atoms with Crippen molar-refractivity contribution in [3.05, 3.63) is 35.4 Å². The summed E-state index contributed by atoms with van der Waals surface area (Å²) in [7, 11) is 2.18. The number of aromatic carboxylic acids is 1. The van der Waals surface area contributed by atoms with Crippen molar-refractivity contribution < 1.29 is 9.90 Å². The normalized spacial score (nSPS) is 31.9. The van der Waals surface area contributed by atoms with Crippen LogP contribution < -0.4 is 0 Å². The van der Waals surface area contributed by atoms with Crippen LogP contribution in [0.25, 0.3) is 0 Å². The molecule has 1 saturated heterocycles. The maximum atomic E-state index is 10.8. The summed E-state index contributed by atoms with van der Waals surface area (Å²) in [6, 6.07) is 7.49. The number of hydrogen-bond acceptors (Lipinski definition) is 2. The fourth-order valence-corrected chi connectivity index (χ4v) is 3.23. The molecule has 17 heavy (non-hydrogen) atoms. The first-order chi connectivity index (χ1) is 8.12. The lowest BCUT2D eigenvalue weighted by molar-refractivity contribution is 0.0697. The van der Waals surface area contributed by atoms with Crippen LogP contribution in [0.4, 0.5) is 0 Å². The van der Waals surface area contributed by atoms with Crippen LogP contribution in [0, 0.1) is 5.92 Å². The SMILES string of the molecule is CN1CCC2(c3ccc(C(=O)O)cc3)CC2C1. The third-order valence-corrected chi connectivity index (χ3v) is 4.41. The lowest BCUT2D eigenvalue weighted by atomic mass is 9.87. The van der Waals surface area contributed by atoms with E-state index < -0.39 is 5.97 Å². The molecule has 0 spiro atoms. The Balaban J connectivity index is 1.84. The molecular weight excluding hydrogens is 214 g/mol. The molecule has 1 aromatic carbocycles. The number of carboxylic acids is 1. The summed E-state index contributed by atoms with van der Waals surface area (Å²) in [5.74, 6) is -0.0679. The number of piperidine rings is 1. The molecule has 1 heterocycles.